The number of nitrogens with two attached hydrogens (primary N) is 1. The van der Waals surface area contributed by atoms with E-state index in [2.05, 4.69) is 31.7 Å². The molecule has 4 amide bonds. The summed E-state index contributed by atoms with van der Waals surface area (Å²) in [6.07, 6.45) is 4.37. The molecular weight excluding hydrogens is 634 g/mol. The van der Waals surface area contributed by atoms with Crippen LogP contribution in [-0.4, -0.2) is 85.0 Å². The number of hydrogen-bond acceptors (Lipinski definition) is 9. The molecule has 0 aliphatic rings. The van der Waals surface area contributed by atoms with Crippen LogP contribution in [0.2, 0.25) is 1.41 Å². The number of esters is 1. The van der Waals surface area contributed by atoms with Gasteiger partial charge < -0.3 is 36.8 Å². The highest BCUT2D eigenvalue weighted by molar-refractivity contribution is 7.98. The summed E-state index contributed by atoms with van der Waals surface area (Å²) in [6.45, 7) is -0.994. The van der Waals surface area contributed by atoms with E-state index in [4.69, 9.17) is 5.52 Å². The number of unbranched alkanes of at least 4 members (excludes halogenated alkanes) is 2. The third-order valence-corrected chi connectivity index (χ3v) is 8.29. The molecule has 0 radical (unpaired) electrons. The van der Waals surface area contributed by atoms with Crippen molar-refractivity contribution in [2.45, 2.75) is 83.8 Å². The Balaban J connectivity index is 2.08. The number of rotatable bonds is 21. The highest BCUT2D eigenvalue weighted by Crippen LogP contribution is 2.27. The number of ether oxygens (including phenoxy) is 1. The lowest BCUT2D eigenvalue weighted by Crippen LogP contribution is -2.54. The minimum absolute atomic E-state index is 0.122. The SMILES string of the molecule is [2H]Cc1cc(O)c(C[2H])c(C[2H])c1C[C@H](N[2H])C(=O)N[C@@H](CCSC)C(=O)NCC(=O)N[C@@H](Cc1ccccc1)C(=O)NCCCCCC(=O)OC. The Bertz CT molecular complexity index is 1470. The summed E-state index contributed by atoms with van der Waals surface area (Å²) in [5, 5.41) is 21.0. The van der Waals surface area contributed by atoms with Gasteiger partial charge in [-0.05, 0) is 92.3 Å². The number of thioether (sulfide) groups is 1. The number of carbonyl (C=O) groups excluding carboxylic acids is 5. The number of benzene rings is 2. The minimum atomic E-state index is -1.20. The zero-order valence-corrected chi connectivity index (χ0v) is 28.5. The maximum Gasteiger partial charge on any atom is 0.305 e. The Morgan fingerprint density at radius 3 is 2.35 bits per heavy atom. The zero-order chi connectivity index (χ0) is 38.5. The van der Waals surface area contributed by atoms with Gasteiger partial charge in [0, 0.05) is 23.5 Å². The van der Waals surface area contributed by atoms with Crippen LogP contribution in [0, 0.1) is 20.7 Å². The summed E-state index contributed by atoms with van der Waals surface area (Å²) in [5.41, 5.74) is 4.32. The molecule has 0 heterocycles. The van der Waals surface area contributed by atoms with Gasteiger partial charge in [-0.15, -0.1) is 0 Å². The molecule has 264 valence electrons. The first-order chi connectivity index (χ1) is 25.0. The van der Waals surface area contributed by atoms with Crippen molar-refractivity contribution < 1.29 is 39.3 Å². The second-order valence-corrected chi connectivity index (χ2v) is 12.3. The van der Waals surface area contributed by atoms with E-state index in [1.165, 1.54) is 24.9 Å². The molecule has 0 aromatic heterocycles. The zero-order valence-electron chi connectivity index (χ0n) is 31.7. The lowest BCUT2D eigenvalue weighted by molar-refractivity contribution is -0.140. The van der Waals surface area contributed by atoms with Crippen LogP contribution in [0.25, 0.3) is 0 Å². The van der Waals surface area contributed by atoms with Crippen LogP contribution in [0.1, 0.15) is 64.0 Å². The van der Waals surface area contributed by atoms with Gasteiger partial charge in [-0.1, -0.05) is 36.8 Å². The molecule has 0 unspecified atom stereocenters. The fourth-order valence-electron chi connectivity index (χ4n) is 4.80. The van der Waals surface area contributed by atoms with Crippen molar-refractivity contribution in [1.82, 2.24) is 21.3 Å². The molecule has 0 aliphatic carbocycles. The molecule has 0 aliphatic heterocycles. The van der Waals surface area contributed by atoms with Gasteiger partial charge in [0.25, 0.3) is 0 Å². The Morgan fingerprint density at radius 2 is 1.69 bits per heavy atom. The largest absolute Gasteiger partial charge is 0.508 e. The monoisotopic (exact) mass is 689 g/mol. The standard InChI is InChI=1S/C35H51N5O7S/c1-22-18-30(41)24(3)23(2)26(22)20-27(36)33(44)40-28(15-17-48-5)34(45)38-21-31(42)39-29(19-25-12-8-6-9-13-25)35(46)37-16-11-7-10-14-32(43)47-4/h6,8-9,12-13,18,27-29,41H,7,10-11,14-17,19-21,36H2,1-5H3,(H,37,46)(H,38,45)(H,39,42)(H,40,44)/t27-,28-,29-/m0/s1/i1D,2D,3D/hD. The number of carbonyl (C=O) groups is 5. The topological polar surface area (TPSA) is 189 Å². The highest BCUT2D eigenvalue weighted by Gasteiger charge is 2.26. The second-order valence-electron chi connectivity index (χ2n) is 11.3. The van der Waals surface area contributed by atoms with E-state index >= 15 is 0 Å². The third kappa shape index (κ3) is 13.6. The molecule has 0 bridgehead atoms. The molecule has 13 heteroatoms. The Morgan fingerprint density at radius 1 is 0.938 bits per heavy atom. The molecule has 2 aromatic carbocycles. The molecule has 7 N–H and O–H groups in total. The highest BCUT2D eigenvalue weighted by atomic mass is 32.2. The summed E-state index contributed by atoms with van der Waals surface area (Å²) in [5.74, 6) is -2.36. The van der Waals surface area contributed by atoms with E-state index in [0.717, 1.165) is 5.56 Å². The summed E-state index contributed by atoms with van der Waals surface area (Å²) >= 11 is 1.44. The van der Waals surface area contributed by atoms with E-state index in [9.17, 15) is 29.1 Å². The summed E-state index contributed by atoms with van der Waals surface area (Å²) in [4.78, 5) is 64.1. The van der Waals surface area contributed by atoms with Crippen LogP contribution in [0.5, 0.6) is 5.75 Å². The molecule has 12 nitrogen and oxygen atoms in total. The second kappa shape index (κ2) is 21.0. The molecule has 3 atom stereocenters. The first-order valence-electron chi connectivity index (χ1n) is 18.3. The summed E-state index contributed by atoms with van der Waals surface area (Å²) in [6, 6.07) is 7.27. The van der Waals surface area contributed by atoms with Crippen molar-refractivity contribution >= 4 is 41.4 Å². The van der Waals surface area contributed by atoms with Gasteiger partial charge in [0.2, 0.25) is 23.6 Å². The maximum atomic E-state index is 13.4. The fourth-order valence-corrected chi connectivity index (χ4v) is 5.27. The van der Waals surface area contributed by atoms with Crippen LogP contribution in [0.3, 0.4) is 0 Å². The fraction of sp³-hybridized carbons (Fsp3) is 0.514. The summed E-state index contributed by atoms with van der Waals surface area (Å²) < 4.78 is 36.1. The first-order valence-corrected chi connectivity index (χ1v) is 17.1. The van der Waals surface area contributed by atoms with E-state index < -0.39 is 48.3 Å². The predicted molar refractivity (Wildman–Crippen MR) is 188 cm³/mol. The average molecular weight is 690 g/mol. The van der Waals surface area contributed by atoms with Gasteiger partial charge in [-0.3, -0.25) is 24.0 Å². The molecule has 0 fully saturated rings. The Hall–Kier alpha value is -4.10. The van der Waals surface area contributed by atoms with Crippen molar-refractivity contribution in [3.05, 3.63) is 64.2 Å². The molecule has 0 saturated carbocycles. The molecular formula is C35H51N5O7S. The van der Waals surface area contributed by atoms with E-state index in [-0.39, 0.29) is 57.2 Å². The number of nitrogens with one attached hydrogen (secondary N) is 4. The average Bonchev–Trinajstić information content (AvgIpc) is 3.15. The number of aromatic hydroxyl groups is 1. The minimum Gasteiger partial charge on any atom is -0.508 e. The molecule has 2 aromatic rings. The van der Waals surface area contributed by atoms with Crippen molar-refractivity contribution in [3.8, 4) is 5.75 Å². The number of phenolic OH excluding ortho intramolecular Hbond substituents is 1. The van der Waals surface area contributed by atoms with Crippen LogP contribution in [0.15, 0.2) is 36.4 Å². The quantitative estimate of drug-likeness (QED) is 0.0843. The lowest BCUT2D eigenvalue weighted by Gasteiger charge is -2.22. The number of hydrogen-bond donors (Lipinski definition) is 6. The van der Waals surface area contributed by atoms with Crippen LogP contribution < -0.4 is 27.0 Å². The van der Waals surface area contributed by atoms with Crippen molar-refractivity contribution in [2.75, 3.05) is 32.2 Å². The van der Waals surface area contributed by atoms with Gasteiger partial charge in [0.15, 0.2) is 0 Å². The van der Waals surface area contributed by atoms with Crippen LogP contribution >= 0.6 is 11.8 Å². The van der Waals surface area contributed by atoms with Gasteiger partial charge >= 0.3 is 5.97 Å². The van der Waals surface area contributed by atoms with E-state index in [1.54, 1.807) is 0 Å². The normalized spacial score (nSPS) is 13.8. The van der Waals surface area contributed by atoms with E-state index in [1.807, 2.05) is 36.6 Å². The Kier molecular flexibility index (Phi) is 14.8. The number of amides is 4. The van der Waals surface area contributed by atoms with Crippen molar-refractivity contribution in [1.29, 1.82) is 0 Å². The van der Waals surface area contributed by atoms with Crippen molar-refractivity contribution in [2.24, 2.45) is 5.73 Å². The van der Waals surface area contributed by atoms with Crippen LogP contribution in [-0.2, 0) is 41.6 Å². The third-order valence-electron chi connectivity index (χ3n) is 7.65. The van der Waals surface area contributed by atoms with Gasteiger partial charge in [-0.25, -0.2) is 0 Å². The molecule has 0 saturated heterocycles. The van der Waals surface area contributed by atoms with Gasteiger partial charge in [0.05, 0.1) is 19.7 Å². The van der Waals surface area contributed by atoms with Gasteiger partial charge in [0.1, 0.15) is 19.2 Å². The van der Waals surface area contributed by atoms with Crippen molar-refractivity contribution in [3.63, 3.8) is 0 Å². The number of methoxy groups -OCH3 is 1. The summed E-state index contributed by atoms with van der Waals surface area (Å²) in [7, 11) is 1.33. The molecule has 0 spiro atoms. The van der Waals surface area contributed by atoms with Gasteiger partial charge in [-0.2, -0.15) is 11.8 Å². The first kappa shape index (κ1) is 33.8. The predicted octanol–water partition coefficient (Wildman–Crippen LogP) is 2.12. The number of phenols is 1. The maximum absolute atomic E-state index is 13.4. The molecule has 2 rings (SSSR count). The molecule has 48 heavy (non-hydrogen) atoms. The van der Waals surface area contributed by atoms with Crippen LogP contribution in [0.4, 0.5) is 0 Å². The Labute approximate surface area is 293 Å². The smallest absolute Gasteiger partial charge is 0.305 e. The number of aryl methyl sites for hydroxylation is 1. The lowest BCUT2D eigenvalue weighted by atomic mass is 9.92. The van der Waals surface area contributed by atoms with E-state index in [0.29, 0.717) is 54.7 Å².